The maximum Gasteiger partial charge on any atom is 0.229 e. The first-order valence-electron chi connectivity index (χ1n) is 9.67. The van der Waals surface area contributed by atoms with E-state index in [2.05, 4.69) is 15.3 Å². The van der Waals surface area contributed by atoms with Crippen LogP contribution < -0.4 is 5.32 Å². The number of benzene rings is 1. The van der Waals surface area contributed by atoms with Crippen molar-refractivity contribution in [3.63, 3.8) is 0 Å². The number of rotatable bonds is 4. The average Bonchev–Trinajstić information content (AvgIpc) is 3.30. The van der Waals surface area contributed by atoms with Crippen LogP contribution in [-0.4, -0.2) is 20.9 Å². The Balaban J connectivity index is 1.50. The Kier molecular flexibility index (Phi) is 4.81. The van der Waals surface area contributed by atoms with E-state index in [1.54, 1.807) is 23.6 Å². The molecule has 0 saturated carbocycles. The van der Waals surface area contributed by atoms with Gasteiger partial charge in [0.15, 0.2) is 0 Å². The van der Waals surface area contributed by atoms with E-state index in [-0.39, 0.29) is 12.3 Å². The molecule has 0 unspecified atom stereocenters. The molecule has 7 heteroatoms. The fourth-order valence-electron chi connectivity index (χ4n) is 3.84. The number of H-pyrrole nitrogens is 1. The Morgan fingerprint density at radius 3 is 2.86 bits per heavy atom. The average molecular weight is 423 g/mol. The summed E-state index contributed by atoms with van der Waals surface area (Å²) in [5.74, 6) is 0.763. The zero-order valence-electron chi connectivity index (χ0n) is 15.7. The summed E-state index contributed by atoms with van der Waals surface area (Å²) in [5, 5.41) is 4.43. The number of hydrogen-bond donors (Lipinski definition) is 2. The van der Waals surface area contributed by atoms with E-state index in [0.29, 0.717) is 5.15 Å². The van der Waals surface area contributed by atoms with Gasteiger partial charge in [0.1, 0.15) is 16.0 Å². The summed E-state index contributed by atoms with van der Waals surface area (Å²) >= 11 is 7.52. The molecule has 0 fully saturated rings. The lowest BCUT2D eigenvalue weighted by Crippen LogP contribution is -2.14. The Morgan fingerprint density at radius 2 is 2.03 bits per heavy atom. The second-order valence-electron chi connectivity index (χ2n) is 7.23. The van der Waals surface area contributed by atoms with Crippen molar-refractivity contribution in [2.45, 2.75) is 32.1 Å². The van der Waals surface area contributed by atoms with Gasteiger partial charge in [0, 0.05) is 11.1 Å². The highest BCUT2D eigenvalue weighted by atomic mass is 35.5. The summed E-state index contributed by atoms with van der Waals surface area (Å²) in [6.07, 6.45) is 6.34. The topological polar surface area (TPSA) is 70.7 Å². The van der Waals surface area contributed by atoms with Gasteiger partial charge in [0.05, 0.1) is 23.0 Å². The third-order valence-corrected chi connectivity index (χ3v) is 6.63. The van der Waals surface area contributed by atoms with Gasteiger partial charge in [-0.2, -0.15) is 0 Å². The monoisotopic (exact) mass is 422 g/mol. The van der Waals surface area contributed by atoms with Crippen molar-refractivity contribution >= 4 is 44.9 Å². The van der Waals surface area contributed by atoms with Gasteiger partial charge in [-0.3, -0.25) is 4.79 Å². The Bertz CT molecular complexity index is 1160. The van der Waals surface area contributed by atoms with Crippen molar-refractivity contribution in [3.8, 4) is 11.4 Å². The van der Waals surface area contributed by atoms with E-state index in [0.717, 1.165) is 45.8 Å². The molecule has 0 aliphatic heterocycles. The third-order valence-electron chi connectivity index (χ3n) is 5.20. The minimum Gasteiger partial charge on any atom is -0.338 e. The lowest BCUT2D eigenvalue weighted by atomic mass is 9.95. The second-order valence-corrected chi connectivity index (χ2v) is 8.72. The molecule has 1 amide bonds. The van der Waals surface area contributed by atoms with Crippen LogP contribution in [0.15, 0.2) is 42.6 Å². The quantitative estimate of drug-likeness (QED) is 0.432. The highest BCUT2D eigenvalue weighted by molar-refractivity contribution is 7.17. The van der Waals surface area contributed by atoms with E-state index in [1.165, 1.54) is 23.3 Å². The molecule has 3 heterocycles. The normalized spacial score (nSPS) is 13.4. The van der Waals surface area contributed by atoms with Crippen molar-refractivity contribution in [2.24, 2.45) is 0 Å². The molecular formula is C22H19ClN4OS. The third kappa shape index (κ3) is 3.66. The number of carbonyl (C=O) groups excluding carboxylic acids is 1. The Hall–Kier alpha value is -2.70. The first kappa shape index (κ1) is 18.3. The van der Waals surface area contributed by atoms with Crippen LogP contribution in [0.25, 0.3) is 22.4 Å². The number of aryl methyl sites for hydroxylation is 1. The van der Waals surface area contributed by atoms with E-state index in [9.17, 15) is 4.79 Å². The van der Waals surface area contributed by atoms with Gasteiger partial charge in [-0.05, 0) is 55.0 Å². The molecule has 5 rings (SSSR count). The summed E-state index contributed by atoms with van der Waals surface area (Å²) in [4.78, 5) is 26.4. The van der Waals surface area contributed by atoms with Crippen LogP contribution in [0.4, 0.5) is 5.00 Å². The first-order chi connectivity index (χ1) is 14.2. The molecule has 3 aromatic heterocycles. The summed E-state index contributed by atoms with van der Waals surface area (Å²) in [6.45, 7) is 0. The number of nitrogens with one attached hydrogen (secondary N) is 2. The maximum atomic E-state index is 12.7. The smallest absolute Gasteiger partial charge is 0.229 e. The van der Waals surface area contributed by atoms with Gasteiger partial charge in [-0.15, -0.1) is 11.3 Å². The van der Waals surface area contributed by atoms with Crippen LogP contribution in [-0.2, 0) is 24.1 Å². The molecule has 0 atom stereocenters. The summed E-state index contributed by atoms with van der Waals surface area (Å²) < 4.78 is 0. The maximum absolute atomic E-state index is 12.7. The number of amides is 1. The number of carbonyl (C=O) groups is 1. The predicted molar refractivity (Wildman–Crippen MR) is 118 cm³/mol. The molecule has 0 saturated heterocycles. The van der Waals surface area contributed by atoms with Gasteiger partial charge in [-0.25, -0.2) is 9.97 Å². The number of fused-ring (bicyclic) bond motifs is 2. The Labute approximate surface area is 177 Å². The van der Waals surface area contributed by atoms with Crippen LogP contribution in [0.5, 0.6) is 0 Å². The summed E-state index contributed by atoms with van der Waals surface area (Å²) in [5.41, 5.74) is 5.14. The molecular weight excluding hydrogens is 404 g/mol. The van der Waals surface area contributed by atoms with E-state index in [1.807, 2.05) is 30.3 Å². The van der Waals surface area contributed by atoms with E-state index < -0.39 is 0 Å². The van der Waals surface area contributed by atoms with Gasteiger partial charge >= 0.3 is 0 Å². The lowest BCUT2D eigenvalue weighted by molar-refractivity contribution is -0.115. The van der Waals surface area contributed by atoms with Crippen LogP contribution in [0.1, 0.15) is 28.8 Å². The summed E-state index contributed by atoms with van der Waals surface area (Å²) in [6, 6.07) is 11.5. The van der Waals surface area contributed by atoms with Crippen LogP contribution in [0.3, 0.4) is 0 Å². The fourth-order valence-corrected chi connectivity index (χ4v) is 5.26. The molecule has 146 valence electrons. The van der Waals surface area contributed by atoms with Crippen LogP contribution in [0, 0.1) is 0 Å². The minimum atomic E-state index is -0.0647. The number of imidazole rings is 1. The Morgan fingerprint density at radius 1 is 1.17 bits per heavy atom. The predicted octanol–water partition coefficient (Wildman–Crippen LogP) is 5.40. The van der Waals surface area contributed by atoms with Gasteiger partial charge < -0.3 is 10.3 Å². The lowest BCUT2D eigenvalue weighted by Gasteiger charge is -2.12. The zero-order chi connectivity index (χ0) is 19.8. The molecule has 0 radical (unpaired) electrons. The number of thiophene rings is 1. The molecule has 1 aliphatic carbocycles. The number of pyridine rings is 1. The number of hydrogen-bond acceptors (Lipinski definition) is 4. The van der Waals surface area contributed by atoms with Crippen molar-refractivity contribution in [1.82, 2.24) is 15.0 Å². The number of aromatic nitrogens is 3. The number of nitrogens with zero attached hydrogens (tertiary/aromatic N) is 2. The zero-order valence-corrected chi connectivity index (χ0v) is 17.2. The van der Waals surface area contributed by atoms with Crippen LogP contribution >= 0.6 is 22.9 Å². The molecule has 29 heavy (non-hydrogen) atoms. The number of anilines is 1. The standard InChI is InChI=1S/C22H19ClN4OS/c23-18-10-9-13(12-24-18)11-19(28)27-22-20(14-5-1-4-8-17(14)29-22)21-25-15-6-2-3-7-16(15)26-21/h2-3,6-7,9-10,12H,1,4-5,8,11H2,(H,25,26)(H,27,28). The van der Waals surface area contributed by atoms with Crippen molar-refractivity contribution in [2.75, 3.05) is 5.32 Å². The number of para-hydroxylation sites is 2. The van der Waals surface area contributed by atoms with Crippen molar-refractivity contribution in [1.29, 1.82) is 0 Å². The molecule has 1 aliphatic rings. The van der Waals surface area contributed by atoms with E-state index >= 15 is 0 Å². The van der Waals surface area contributed by atoms with Crippen molar-refractivity contribution < 1.29 is 4.79 Å². The SMILES string of the molecule is O=C(Cc1ccc(Cl)nc1)Nc1sc2c(c1-c1nc3ccccc3[nH]1)CCCC2. The first-order valence-corrected chi connectivity index (χ1v) is 10.9. The molecule has 0 bridgehead atoms. The molecule has 4 aromatic rings. The molecule has 5 nitrogen and oxygen atoms in total. The molecule has 1 aromatic carbocycles. The fraction of sp³-hybridized carbons (Fsp3) is 0.227. The van der Waals surface area contributed by atoms with Gasteiger partial charge in [0.25, 0.3) is 0 Å². The van der Waals surface area contributed by atoms with Crippen LogP contribution in [0.2, 0.25) is 5.15 Å². The highest BCUT2D eigenvalue weighted by Crippen LogP contribution is 2.43. The largest absolute Gasteiger partial charge is 0.338 e. The molecule has 2 N–H and O–H groups in total. The summed E-state index contributed by atoms with van der Waals surface area (Å²) in [7, 11) is 0. The molecule has 0 spiro atoms. The van der Waals surface area contributed by atoms with E-state index in [4.69, 9.17) is 16.6 Å². The number of aromatic amines is 1. The second kappa shape index (κ2) is 7.61. The number of halogens is 1. The van der Waals surface area contributed by atoms with Gasteiger partial charge in [-0.1, -0.05) is 29.8 Å². The minimum absolute atomic E-state index is 0.0647. The highest BCUT2D eigenvalue weighted by Gasteiger charge is 2.25. The van der Waals surface area contributed by atoms with Gasteiger partial charge in [0.2, 0.25) is 5.91 Å². The van der Waals surface area contributed by atoms with Crippen molar-refractivity contribution in [3.05, 3.63) is 63.8 Å².